The van der Waals surface area contributed by atoms with Crippen LogP contribution in [-0.4, -0.2) is 23.0 Å². The fourth-order valence-corrected chi connectivity index (χ4v) is 2.02. The van der Waals surface area contributed by atoms with Gasteiger partial charge >= 0.3 is 5.97 Å². The number of carboxylic acids is 1. The normalized spacial score (nSPS) is 11.7. The molecule has 1 aromatic rings. The second-order valence-corrected chi connectivity index (χ2v) is 4.68. The Labute approximate surface area is 117 Å². The third-order valence-electron chi connectivity index (χ3n) is 2.18. The number of carbonyl (C=O) groups excluding carboxylic acids is 1. The third-order valence-corrected chi connectivity index (χ3v) is 3.07. The molecule has 18 heavy (non-hydrogen) atoms. The molecule has 6 heteroatoms. The van der Waals surface area contributed by atoms with Gasteiger partial charge in [0.05, 0.1) is 5.56 Å². The zero-order valence-corrected chi connectivity index (χ0v) is 11.5. The SMILES string of the molecule is C=CCC(NC(=O)c1ccc(F)cc1I)C(=O)O. The minimum atomic E-state index is -1.14. The van der Waals surface area contributed by atoms with Crippen molar-refractivity contribution in [2.45, 2.75) is 12.5 Å². The average molecular weight is 363 g/mol. The number of aliphatic carboxylic acids is 1. The number of carboxylic acid groups (broad SMARTS) is 1. The van der Waals surface area contributed by atoms with Crippen molar-refractivity contribution in [1.29, 1.82) is 0 Å². The minimum Gasteiger partial charge on any atom is -0.480 e. The molecule has 0 fully saturated rings. The van der Waals surface area contributed by atoms with Crippen LogP contribution in [0, 0.1) is 9.39 Å². The quantitative estimate of drug-likeness (QED) is 0.623. The molecule has 1 atom stereocenters. The van der Waals surface area contributed by atoms with Crippen LogP contribution >= 0.6 is 22.6 Å². The predicted octanol–water partition coefficient (Wildman–Crippen LogP) is 2.19. The summed E-state index contributed by atoms with van der Waals surface area (Å²) < 4.78 is 13.3. The zero-order valence-electron chi connectivity index (χ0n) is 9.32. The van der Waals surface area contributed by atoms with Gasteiger partial charge in [0.1, 0.15) is 11.9 Å². The lowest BCUT2D eigenvalue weighted by Crippen LogP contribution is -2.40. The molecule has 1 rings (SSSR count). The van der Waals surface area contributed by atoms with Crippen LogP contribution in [0.2, 0.25) is 0 Å². The Bertz CT molecular complexity index is 490. The molecule has 0 radical (unpaired) electrons. The van der Waals surface area contributed by atoms with Crippen LogP contribution in [0.15, 0.2) is 30.9 Å². The highest BCUT2D eigenvalue weighted by Crippen LogP contribution is 2.14. The van der Waals surface area contributed by atoms with Crippen LogP contribution in [-0.2, 0) is 4.79 Å². The topological polar surface area (TPSA) is 66.4 Å². The number of rotatable bonds is 5. The molecule has 96 valence electrons. The van der Waals surface area contributed by atoms with E-state index in [4.69, 9.17) is 5.11 Å². The molecule has 0 aromatic heterocycles. The summed E-state index contributed by atoms with van der Waals surface area (Å²) in [4.78, 5) is 22.7. The monoisotopic (exact) mass is 363 g/mol. The highest BCUT2D eigenvalue weighted by molar-refractivity contribution is 14.1. The van der Waals surface area contributed by atoms with E-state index in [2.05, 4.69) is 11.9 Å². The highest BCUT2D eigenvalue weighted by atomic mass is 127. The van der Waals surface area contributed by atoms with Crippen LogP contribution in [0.3, 0.4) is 0 Å². The van der Waals surface area contributed by atoms with Crippen LogP contribution in [0.25, 0.3) is 0 Å². The van der Waals surface area contributed by atoms with Crippen LogP contribution < -0.4 is 5.32 Å². The summed E-state index contributed by atoms with van der Waals surface area (Å²) in [6, 6.07) is 2.65. The first-order chi connectivity index (χ1) is 8.45. The van der Waals surface area contributed by atoms with Crippen molar-refractivity contribution >= 4 is 34.5 Å². The fraction of sp³-hybridized carbons (Fsp3) is 0.167. The van der Waals surface area contributed by atoms with Gasteiger partial charge in [-0.05, 0) is 47.2 Å². The fourth-order valence-electron chi connectivity index (χ4n) is 1.30. The summed E-state index contributed by atoms with van der Waals surface area (Å²) in [5, 5.41) is 11.2. The van der Waals surface area contributed by atoms with Crippen molar-refractivity contribution in [3.05, 3.63) is 45.8 Å². The first-order valence-corrected chi connectivity index (χ1v) is 6.13. The molecule has 0 aliphatic heterocycles. The van der Waals surface area contributed by atoms with Crippen molar-refractivity contribution in [1.82, 2.24) is 5.32 Å². The van der Waals surface area contributed by atoms with E-state index in [0.717, 1.165) is 6.07 Å². The number of halogens is 2. The van der Waals surface area contributed by atoms with E-state index < -0.39 is 23.7 Å². The number of nitrogens with one attached hydrogen (secondary N) is 1. The maximum absolute atomic E-state index is 12.9. The second-order valence-electron chi connectivity index (χ2n) is 3.51. The summed E-state index contributed by atoms with van der Waals surface area (Å²) in [6.07, 6.45) is 1.54. The maximum atomic E-state index is 12.9. The molecular weight excluding hydrogens is 352 g/mol. The number of hydrogen-bond donors (Lipinski definition) is 2. The van der Waals surface area contributed by atoms with Gasteiger partial charge in [0.2, 0.25) is 0 Å². The lowest BCUT2D eigenvalue weighted by atomic mass is 10.1. The standard InChI is InChI=1S/C12H11FINO3/c1-2-3-10(12(17)18)15-11(16)8-5-4-7(13)6-9(8)14/h2,4-6,10H,1,3H2,(H,15,16)(H,17,18). The number of carbonyl (C=O) groups is 2. The molecule has 1 aromatic carbocycles. The lowest BCUT2D eigenvalue weighted by molar-refractivity contribution is -0.139. The molecule has 0 saturated heterocycles. The Hall–Kier alpha value is -1.44. The average Bonchev–Trinajstić information content (AvgIpc) is 2.27. The van der Waals surface area contributed by atoms with E-state index in [-0.39, 0.29) is 12.0 Å². The van der Waals surface area contributed by atoms with Crippen LogP contribution in [0.1, 0.15) is 16.8 Å². The molecule has 0 aliphatic carbocycles. The molecule has 0 heterocycles. The maximum Gasteiger partial charge on any atom is 0.326 e. The van der Waals surface area contributed by atoms with Crippen molar-refractivity contribution in [3.8, 4) is 0 Å². The molecule has 1 unspecified atom stereocenters. The van der Waals surface area contributed by atoms with Gasteiger partial charge in [-0.25, -0.2) is 9.18 Å². The Morgan fingerprint density at radius 2 is 2.22 bits per heavy atom. The first kappa shape index (κ1) is 14.6. The molecule has 0 aliphatic rings. The minimum absolute atomic E-state index is 0.124. The molecule has 1 amide bonds. The van der Waals surface area contributed by atoms with E-state index in [0.29, 0.717) is 3.57 Å². The van der Waals surface area contributed by atoms with Crippen LogP contribution in [0.5, 0.6) is 0 Å². The molecule has 4 nitrogen and oxygen atoms in total. The highest BCUT2D eigenvalue weighted by Gasteiger charge is 2.20. The summed E-state index contributed by atoms with van der Waals surface area (Å²) >= 11 is 1.82. The van der Waals surface area contributed by atoms with Crippen LogP contribution in [0.4, 0.5) is 4.39 Å². The number of amides is 1. The Kier molecular flexibility index (Phi) is 5.26. The van der Waals surface area contributed by atoms with Crippen molar-refractivity contribution in [3.63, 3.8) is 0 Å². The van der Waals surface area contributed by atoms with E-state index in [1.807, 2.05) is 22.6 Å². The molecule has 0 bridgehead atoms. The van der Waals surface area contributed by atoms with E-state index in [1.165, 1.54) is 18.2 Å². The predicted molar refractivity (Wildman–Crippen MR) is 72.8 cm³/mol. The van der Waals surface area contributed by atoms with Gasteiger partial charge in [-0.1, -0.05) is 6.08 Å². The zero-order chi connectivity index (χ0) is 13.7. The van der Waals surface area contributed by atoms with Gasteiger partial charge in [-0.2, -0.15) is 0 Å². The van der Waals surface area contributed by atoms with Crippen molar-refractivity contribution < 1.29 is 19.1 Å². The summed E-state index contributed by atoms with van der Waals surface area (Å²) in [5.74, 6) is -2.13. The third kappa shape index (κ3) is 3.80. The summed E-state index contributed by atoms with van der Waals surface area (Å²) in [6.45, 7) is 3.43. The van der Waals surface area contributed by atoms with Crippen molar-refractivity contribution in [2.75, 3.05) is 0 Å². The van der Waals surface area contributed by atoms with Gasteiger partial charge in [-0.3, -0.25) is 4.79 Å². The molecule has 2 N–H and O–H groups in total. The van der Waals surface area contributed by atoms with Crippen molar-refractivity contribution in [2.24, 2.45) is 0 Å². The molecule has 0 saturated carbocycles. The number of hydrogen-bond acceptors (Lipinski definition) is 2. The molecular formula is C12H11FINO3. The second kappa shape index (κ2) is 6.48. The largest absolute Gasteiger partial charge is 0.480 e. The van der Waals surface area contributed by atoms with E-state index in [1.54, 1.807) is 0 Å². The summed E-state index contributed by atoms with van der Waals surface area (Å²) in [5.41, 5.74) is 0.243. The smallest absolute Gasteiger partial charge is 0.326 e. The van der Waals surface area contributed by atoms with E-state index in [9.17, 15) is 14.0 Å². The lowest BCUT2D eigenvalue weighted by Gasteiger charge is -2.13. The van der Waals surface area contributed by atoms with Gasteiger partial charge < -0.3 is 10.4 Å². The Morgan fingerprint density at radius 3 is 2.72 bits per heavy atom. The van der Waals surface area contributed by atoms with Gasteiger partial charge in [-0.15, -0.1) is 6.58 Å². The number of benzene rings is 1. The van der Waals surface area contributed by atoms with E-state index >= 15 is 0 Å². The Balaban J connectivity index is 2.86. The van der Waals surface area contributed by atoms with Gasteiger partial charge in [0.25, 0.3) is 5.91 Å². The Morgan fingerprint density at radius 1 is 1.56 bits per heavy atom. The summed E-state index contributed by atoms with van der Waals surface area (Å²) in [7, 11) is 0. The molecule has 0 spiro atoms. The first-order valence-electron chi connectivity index (χ1n) is 5.05. The van der Waals surface area contributed by atoms with Gasteiger partial charge in [0.15, 0.2) is 0 Å². The van der Waals surface area contributed by atoms with Gasteiger partial charge in [0, 0.05) is 3.57 Å².